The van der Waals surface area contributed by atoms with Crippen LogP contribution in [0.15, 0.2) is 14.6 Å². The van der Waals surface area contributed by atoms with Crippen molar-refractivity contribution >= 4 is 28.7 Å². The molecule has 31 heavy (non-hydrogen) atoms. The van der Waals surface area contributed by atoms with Gasteiger partial charge in [0.2, 0.25) is 5.91 Å². The van der Waals surface area contributed by atoms with Gasteiger partial charge >= 0.3 is 5.69 Å². The van der Waals surface area contributed by atoms with Crippen molar-refractivity contribution < 1.29 is 4.79 Å². The summed E-state index contributed by atoms with van der Waals surface area (Å²) in [5, 5.41) is 0.311. The smallest absolute Gasteiger partial charge is 0.332 e. The van der Waals surface area contributed by atoms with Crippen LogP contribution in [0.1, 0.15) is 65.6 Å². The van der Waals surface area contributed by atoms with Crippen molar-refractivity contribution in [1.82, 2.24) is 24.0 Å². The van der Waals surface area contributed by atoms with Crippen molar-refractivity contribution in [2.24, 2.45) is 14.1 Å². The molecule has 0 aromatic carbocycles. The first-order valence-electron chi connectivity index (χ1n) is 10.8. The Morgan fingerprint density at radius 1 is 1.10 bits per heavy atom. The van der Waals surface area contributed by atoms with Crippen LogP contribution in [0.25, 0.3) is 11.0 Å². The van der Waals surface area contributed by atoms with Crippen LogP contribution in [0, 0.1) is 0 Å². The van der Waals surface area contributed by atoms with Crippen molar-refractivity contribution in [2.75, 3.05) is 7.05 Å². The molecule has 2 aromatic heterocycles. The van der Waals surface area contributed by atoms with E-state index in [0.29, 0.717) is 16.5 Å². The summed E-state index contributed by atoms with van der Waals surface area (Å²) in [6, 6.07) is 0.269. The molecule has 1 unspecified atom stereocenters. The Labute approximate surface area is 187 Å². The lowest BCUT2D eigenvalue weighted by Crippen LogP contribution is -2.42. The number of hydrogen-bond acceptors (Lipinski definition) is 6. The molecule has 1 saturated carbocycles. The molecule has 0 radical (unpaired) electrons. The number of carbonyl (C=O) groups excluding carboxylic acids is 1. The van der Waals surface area contributed by atoms with E-state index in [1.165, 1.54) is 29.8 Å². The van der Waals surface area contributed by atoms with Crippen LogP contribution in [0.3, 0.4) is 0 Å². The van der Waals surface area contributed by atoms with Crippen LogP contribution in [0.2, 0.25) is 0 Å². The predicted octanol–water partition coefficient (Wildman–Crippen LogP) is 2.60. The number of fused-ring (bicyclic) bond motifs is 1. The van der Waals surface area contributed by atoms with E-state index < -0.39 is 16.5 Å². The quantitative estimate of drug-likeness (QED) is 0.529. The van der Waals surface area contributed by atoms with Gasteiger partial charge in [0.05, 0.1) is 5.25 Å². The minimum atomic E-state index is -0.443. The Kier molecular flexibility index (Phi) is 6.64. The normalized spacial score (nSPS) is 16.5. The van der Waals surface area contributed by atoms with Gasteiger partial charge < -0.3 is 4.90 Å². The van der Waals surface area contributed by atoms with Crippen LogP contribution in [0.5, 0.6) is 0 Å². The first-order chi connectivity index (χ1) is 14.4. The fourth-order valence-electron chi connectivity index (χ4n) is 4.00. The molecule has 0 N–H and O–H groups in total. The summed E-state index contributed by atoms with van der Waals surface area (Å²) in [6.45, 7) is 7.79. The predicted molar refractivity (Wildman–Crippen MR) is 124 cm³/mol. The molecule has 0 aliphatic heterocycles. The van der Waals surface area contributed by atoms with E-state index in [0.717, 1.165) is 30.3 Å². The first kappa shape index (κ1) is 23.5. The zero-order valence-electron chi connectivity index (χ0n) is 19.6. The molecule has 0 saturated heterocycles. The maximum Gasteiger partial charge on any atom is 0.332 e. The minimum absolute atomic E-state index is 0.0302. The number of carbonyl (C=O) groups is 1. The summed E-state index contributed by atoms with van der Waals surface area (Å²) in [7, 11) is 4.92. The molecule has 1 aliphatic carbocycles. The maximum absolute atomic E-state index is 13.2. The molecule has 2 heterocycles. The topological polar surface area (TPSA) is 90.1 Å². The second-order valence-corrected chi connectivity index (χ2v) is 10.8. The summed E-state index contributed by atoms with van der Waals surface area (Å²) >= 11 is 1.27. The Balaban J connectivity index is 2.07. The summed E-state index contributed by atoms with van der Waals surface area (Å²) in [5.41, 5.74) is -0.961. The zero-order valence-corrected chi connectivity index (χ0v) is 20.4. The minimum Gasteiger partial charge on any atom is -0.342 e. The fourth-order valence-corrected chi connectivity index (χ4v) is 5.04. The van der Waals surface area contributed by atoms with E-state index in [1.54, 1.807) is 7.05 Å². The van der Waals surface area contributed by atoms with Crippen LogP contribution in [0.4, 0.5) is 0 Å². The van der Waals surface area contributed by atoms with Gasteiger partial charge in [0, 0.05) is 32.6 Å². The van der Waals surface area contributed by atoms with Crippen LogP contribution in [-0.2, 0) is 24.3 Å². The molecular weight excluding hydrogens is 414 g/mol. The van der Waals surface area contributed by atoms with Crippen molar-refractivity contribution in [3.05, 3.63) is 26.7 Å². The highest BCUT2D eigenvalue weighted by Gasteiger charge is 2.29. The van der Waals surface area contributed by atoms with Crippen LogP contribution in [-0.4, -0.2) is 48.2 Å². The van der Waals surface area contributed by atoms with Crippen molar-refractivity contribution in [3.63, 3.8) is 0 Å². The number of rotatable bonds is 4. The molecule has 1 amide bonds. The highest BCUT2D eigenvalue weighted by atomic mass is 32.2. The molecule has 0 bridgehead atoms. The molecule has 3 rings (SSSR count). The van der Waals surface area contributed by atoms with Gasteiger partial charge in [-0.1, -0.05) is 51.8 Å². The largest absolute Gasteiger partial charge is 0.342 e. The third kappa shape index (κ3) is 4.56. The van der Waals surface area contributed by atoms with Crippen molar-refractivity contribution in [2.45, 2.75) is 81.5 Å². The summed E-state index contributed by atoms with van der Waals surface area (Å²) in [6.07, 6.45) is 5.60. The standard InChI is InChI=1S/C22H33N5O3S/c1-13(18(28)25(5)14-11-9-8-10-12-14)31-17-15-16(23-20(24-17)22(2,3)4)26(6)21(30)27(7)19(15)29/h13-14H,8-12H2,1-7H3. The zero-order chi connectivity index (χ0) is 23.1. The third-order valence-electron chi connectivity index (χ3n) is 6.04. The van der Waals surface area contributed by atoms with Gasteiger partial charge in [0.1, 0.15) is 16.2 Å². The lowest BCUT2D eigenvalue weighted by molar-refractivity contribution is -0.131. The molecular formula is C22H33N5O3S. The second kappa shape index (κ2) is 8.76. The van der Waals surface area contributed by atoms with Crippen molar-refractivity contribution in [3.8, 4) is 0 Å². The Bertz CT molecular complexity index is 1110. The van der Waals surface area contributed by atoms with Gasteiger partial charge in [0.25, 0.3) is 5.56 Å². The average Bonchev–Trinajstić information content (AvgIpc) is 2.74. The second-order valence-electron chi connectivity index (χ2n) is 9.51. The van der Waals surface area contributed by atoms with E-state index in [1.807, 2.05) is 39.6 Å². The summed E-state index contributed by atoms with van der Waals surface area (Å²) in [4.78, 5) is 49.7. The third-order valence-corrected chi connectivity index (χ3v) is 7.12. The summed E-state index contributed by atoms with van der Waals surface area (Å²) in [5.74, 6) is 0.564. The molecule has 2 aromatic rings. The highest BCUT2D eigenvalue weighted by Crippen LogP contribution is 2.31. The lowest BCUT2D eigenvalue weighted by Gasteiger charge is -2.32. The summed E-state index contributed by atoms with van der Waals surface area (Å²) < 4.78 is 2.44. The molecule has 0 spiro atoms. The van der Waals surface area contributed by atoms with Crippen LogP contribution >= 0.6 is 11.8 Å². The fraction of sp³-hybridized carbons (Fsp3) is 0.682. The monoisotopic (exact) mass is 447 g/mol. The van der Waals surface area contributed by atoms with Crippen molar-refractivity contribution in [1.29, 1.82) is 0 Å². The van der Waals surface area contributed by atoms with E-state index in [-0.39, 0.29) is 22.8 Å². The maximum atomic E-state index is 13.2. The molecule has 1 fully saturated rings. The van der Waals surface area contributed by atoms with Gasteiger partial charge in [-0.15, -0.1) is 0 Å². The SMILES string of the molecule is CC(Sc1nc(C(C)(C)C)nc2c1c(=O)n(C)c(=O)n2C)C(=O)N(C)C1CCCCC1. The van der Waals surface area contributed by atoms with Crippen LogP contribution < -0.4 is 11.2 Å². The molecule has 1 aliphatic rings. The number of nitrogens with zero attached hydrogens (tertiary/aromatic N) is 5. The van der Waals surface area contributed by atoms with E-state index in [2.05, 4.69) is 4.98 Å². The van der Waals surface area contributed by atoms with Gasteiger partial charge in [-0.2, -0.15) is 0 Å². The van der Waals surface area contributed by atoms with E-state index in [9.17, 15) is 14.4 Å². The first-order valence-corrected chi connectivity index (χ1v) is 11.7. The molecule has 8 nitrogen and oxygen atoms in total. The number of amides is 1. The number of aryl methyl sites for hydroxylation is 1. The number of hydrogen-bond donors (Lipinski definition) is 0. The number of thioether (sulfide) groups is 1. The Morgan fingerprint density at radius 3 is 2.29 bits per heavy atom. The van der Waals surface area contributed by atoms with E-state index >= 15 is 0 Å². The molecule has 1 atom stereocenters. The molecule has 170 valence electrons. The van der Waals surface area contributed by atoms with E-state index in [4.69, 9.17) is 4.98 Å². The van der Waals surface area contributed by atoms with Gasteiger partial charge in [-0.05, 0) is 19.8 Å². The Hall–Kier alpha value is -2.16. The highest BCUT2D eigenvalue weighted by molar-refractivity contribution is 8.00. The number of aromatic nitrogens is 4. The van der Waals surface area contributed by atoms with Gasteiger partial charge in [0.15, 0.2) is 5.65 Å². The lowest BCUT2D eigenvalue weighted by atomic mass is 9.94. The Morgan fingerprint density at radius 2 is 1.71 bits per heavy atom. The average molecular weight is 448 g/mol. The van der Waals surface area contributed by atoms with Gasteiger partial charge in [-0.25, -0.2) is 14.8 Å². The molecule has 9 heteroatoms. The van der Waals surface area contributed by atoms with Gasteiger partial charge in [-0.3, -0.25) is 18.7 Å².